The van der Waals surface area contributed by atoms with Crippen molar-refractivity contribution in [1.82, 2.24) is 19.7 Å². The minimum absolute atomic E-state index is 0.0990. The van der Waals surface area contributed by atoms with Gasteiger partial charge in [-0.2, -0.15) is 22.7 Å². The molecular weight excluding hydrogens is 505 g/mol. The number of pyridine rings is 1. The molecule has 0 aliphatic carbocycles. The first-order valence-corrected chi connectivity index (χ1v) is 11.8. The van der Waals surface area contributed by atoms with Crippen molar-refractivity contribution in [3.63, 3.8) is 0 Å². The lowest BCUT2D eigenvalue weighted by Crippen LogP contribution is -2.27. The molecule has 0 spiro atoms. The van der Waals surface area contributed by atoms with Gasteiger partial charge in [0.25, 0.3) is 0 Å². The summed E-state index contributed by atoms with van der Waals surface area (Å²) in [6, 6.07) is 6.35. The maximum absolute atomic E-state index is 13.3. The van der Waals surface area contributed by atoms with E-state index in [0.29, 0.717) is 22.6 Å². The smallest absolute Gasteiger partial charge is 0.433 e. The van der Waals surface area contributed by atoms with Crippen LogP contribution in [0.1, 0.15) is 62.2 Å². The molecule has 1 atom stereocenters. The van der Waals surface area contributed by atoms with Crippen LogP contribution >= 0.6 is 0 Å². The zero-order valence-electron chi connectivity index (χ0n) is 21.7. The van der Waals surface area contributed by atoms with Gasteiger partial charge < -0.3 is 19.1 Å². The quantitative estimate of drug-likeness (QED) is 0.334. The molecule has 4 aromatic rings. The van der Waals surface area contributed by atoms with E-state index >= 15 is 0 Å². The van der Waals surface area contributed by atoms with Gasteiger partial charge in [-0.25, -0.2) is 9.78 Å². The van der Waals surface area contributed by atoms with E-state index in [0.717, 1.165) is 16.7 Å². The van der Waals surface area contributed by atoms with E-state index in [1.807, 2.05) is 0 Å². The van der Waals surface area contributed by atoms with Crippen LogP contribution in [0.4, 0.5) is 18.0 Å². The highest BCUT2D eigenvalue weighted by molar-refractivity contribution is 5.94. The number of benzene rings is 1. The largest absolute Gasteiger partial charge is 0.465 e. The van der Waals surface area contributed by atoms with Crippen molar-refractivity contribution in [1.29, 1.82) is 0 Å². The van der Waals surface area contributed by atoms with E-state index in [4.69, 9.17) is 14.0 Å². The van der Waals surface area contributed by atoms with Gasteiger partial charge >= 0.3 is 18.3 Å². The first-order chi connectivity index (χ1) is 17.7. The monoisotopic (exact) mass is 532 g/mol. The predicted molar refractivity (Wildman–Crippen MR) is 131 cm³/mol. The molecule has 0 radical (unpaired) electrons. The number of hydrogen-bond acceptors (Lipinski definition) is 8. The number of ether oxygens (including phenoxy) is 2. The van der Waals surface area contributed by atoms with E-state index in [-0.39, 0.29) is 34.9 Å². The fourth-order valence-corrected chi connectivity index (χ4v) is 4.06. The molecule has 0 bridgehead atoms. The fourth-order valence-electron chi connectivity index (χ4n) is 4.06. The maximum atomic E-state index is 13.3. The number of fused-ring (bicyclic) bond motifs is 1. The summed E-state index contributed by atoms with van der Waals surface area (Å²) in [5.41, 5.74) is -0.193. The molecule has 9 nitrogen and oxygen atoms in total. The van der Waals surface area contributed by atoms with Crippen LogP contribution in [0.2, 0.25) is 0 Å². The first kappa shape index (κ1) is 27.1. The molecule has 1 N–H and O–H groups in total. The average Bonchev–Trinajstić information content (AvgIpc) is 3.35. The molecule has 4 rings (SSSR count). The summed E-state index contributed by atoms with van der Waals surface area (Å²) in [6.45, 7) is 10.4. The number of aromatic nitrogens is 4. The molecular formula is C26H27F3N4O5. The number of aliphatic hydroxyl groups excluding tert-OH is 1. The van der Waals surface area contributed by atoms with Crippen molar-refractivity contribution in [3.8, 4) is 17.1 Å². The molecule has 38 heavy (non-hydrogen) atoms. The lowest BCUT2D eigenvalue weighted by molar-refractivity contribution is -0.141. The van der Waals surface area contributed by atoms with Crippen LogP contribution in [0.5, 0.6) is 6.01 Å². The highest BCUT2D eigenvalue weighted by atomic mass is 19.4. The van der Waals surface area contributed by atoms with Crippen molar-refractivity contribution in [2.45, 2.75) is 59.4 Å². The van der Waals surface area contributed by atoms with Crippen molar-refractivity contribution in [2.24, 2.45) is 0 Å². The number of rotatable bonds is 5. The van der Waals surface area contributed by atoms with Crippen molar-refractivity contribution in [2.75, 3.05) is 6.61 Å². The second-order valence-corrected chi connectivity index (χ2v) is 9.62. The molecule has 3 aromatic heterocycles. The molecule has 0 aliphatic rings. The Morgan fingerprint density at radius 2 is 1.87 bits per heavy atom. The Morgan fingerprint density at radius 3 is 2.45 bits per heavy atom. The Bertz CT molecular complexity index is 1480. The van der Waals surface area contributed by atoms with Crippen LogP contribution in [-0.4, -0.2) is 43.1 Å². The van der Waals surface area contributed by atoms with Gasteiger partial charge in [-0.15, -0.1) is 0 Å². The van der Waals surface area contributed by atoms with Crippen molar-refractivity contribution in [3.05, 3.63) is 58.7 Å². The number of halogens is 3. The second-order valence-electron chi connectivity index (χ2n) is 9.62. The van der Waals surface area contributed by atoms with Gasteiger partial charge in [0.05, 0.1) is 29.0 Å². The van der Waals surface area contributed by atoms with E-state index < -0.39 is 29.7 Å². The normalized spacial score (nSPS) is 13.1. The molecule has 202 valence electrons. The highest BCUT2D eigenvalue weighted by Gasteiger charge is 2.34. The summed E-state index contributed by atoms with van der Waals surface area (Å²) in [5.74, 6) is 0.466. The number of carbonyl (C=O) groups is 1. The van der Waals surface area contributed by atoms with E-state index in [2.05, 4.69) is 15.1 Å². The molecule has 3 heterocycles. The number of aryl methyl sites for hydroxylation is 2. The van der Waals surface area contributed by atoms with Crippen LogP contribution in [-0.2, 0) is 10.9 Å². The van der Waals surface area contributed by atoms with Gasteiger partial charge in [0.2, 0.25) is 0 Å². The topological polar surface area (TPSA) is 112 Å². The van der Waals surface area contributed by atoms with Crippen molar-refractivity contribution < 1.29 is 37.1 Å². The number of carbonyl (C=O) groups excluding carboxylic acids is 1. The zero-order chi connectivity index (χ0) is 28.0. The Labute approximate surface area is 216 Å². The Kier molecular flexibility index (Phi) is 6.96. The summed E-state index contributed by atoms with van der Waals surface area (Å²) >= 11 is 0. The van der Waals surface area contributed by atoms with Crippen LogP contribution in [0.15, 0.2) is 34.9 Å². The molecule has 12 heteroatoms. The summed E-state index contributed by atoms with van der Waals surface area (Å²) in [6.07, 6.45) is -7.11. The predicted octanol–water partition coefficient (Wildman–Crippen LogP) is 5.99. The number of nitrogens with zero attached hydrogens (tertiary/aromatic N) is 4. The summed E-state index contributed by atoms with van der Waals surface area (Å²) in [4.78, 5) is 21.3. The van der Waals surface area contributed by atoms with Gasteiger partial charge in [-0.3, -0.25) is 0 Å². The van der Waals surface area contributed by atoms with Crippen LogP contribution in [0, 0.1) is 13.8 Å². The zero-order valence-corrected chi connectivity index (χ0v) is 21.7. The summed E-state index contributed by atoms with van der Waals surface area (Å²) in [5, 5.41) is 15.3. The van der Waals surface area contributed by atoms with Crippen molar-refractivity contribution >= 4 is 17.1 Å². The molecule has 0 amide bonds. The molecule has 1 unspecified atom stereocenters. The molecule has 0 fully saturated rings. The number of aliphatic hydroxyl groups is 1. The van der Waals surface area contributed by atoms with Gasteiger partial charge in [0.15, 0.2) is 0 Å². The van der Waals surface area contributed by atoms with E-state index in [1.165, 1.54) is 6.07 Å². The van der Waals surface area contributed by atoms with Crippen LogP contribution < -0.4 is 4.74 Å². The molecule has 0 saturated carbocycles. The van der Waals surface area contributed by atoms with Gasteiger partial charge in [-0.05, 0) is 71.4 Å². The minimum Gasteiger partial charge on any atom is -0.465 e. The lowest BCUT2D eigenvalue weighted by atomic mass is 9.96. The number of hydrogen-bond donors (Lipinski definition) is 1. The Hall–Kier alpha value is -3.93. The fraction of sp³-hybridized carbons (Fsp3) is 0.385. The lowest BCUT2D eigenvalue weighted by Gasteiger charge is -2.20. The Balaban J connectivity index is 2.02. The number of imidazole rings is 1. The highest BCUT2D eigenvalue weighted by Crippen LogP contribution is 2.38. The van der Waals surface area contributed by atoms with Crippen LogP contribution in [0.3, 0.4) is 0 Å². The van der Waals surface area contributed by atoms with Gasteiger partial charge in [0.1, 0.15) is 23.2 Å². The third kappa shape index (κ3) is 5.21. The summed E-state index contributed by atoms with van der Waals surface area (Å²) < 4.78 is 57.6. The third-order valence-corrected chi connectivity index (χ3v) is 5.57. The molecule has 0 aliphatic heterocycles. The molecule has 1 aromatic carbocycles. The first-order valence-electron chi connectivity index (χ1n) is 11.8. The second kappa shape index (κ2) is 9.75. The standard InChI is InChI=1S/C26H27F3N4O5/c1-7-36-23-31-21-16(22(34)17-9-8-10-19(30-17)26(27,28)29)11-15(20-13(2)32-38-14(20)3)12-18(21)33(23)24(35)37-25(4,5)6/h8-12,22,34H,7H2,1-6H3. The van der Waals surface area contributed by atoms with E-state index in [9.17, 15) is 23.1 Å². The minimum atomic E-state index is -4.70. The average molecular weight is 533 g/mol. The number of alkyl halides is 3. The maximum Gasteiger partial charge on any atom is 0.433 e. The van der Waals surface area contributed by atoms with Crippen LogP contribution in [0.25, 0.3) is 22.2 Å². The molecule has 0 saturated heterocycles. The van der Waals surface area contributed by atoms with E-state index in [1.54, 1.807) is 53.7 Å². The SMILES string of the molecule is CCOc1nc2c(C(O)c3cccc(C(F)(F)F)n3)cc(-c3c(C)noc3C)cc2n1C(=O)OC(C)(C)C. The summed E-state index contributed by atoms with van der Waals surface area (Å²) in [7, 11) is 0. The van der Waals surface area contributed by atoms with Gasteiger partial charge in [-0.1, -0.05) is 11.2 Å². The Morgan fingerprint density at radius 1 is 1.16 bits per heavy atom. The third-order valence-electron chi connectivity index (χ3n) is 5.57. The van der Waals surface area contributed by atoms with Gasteiger partial charge in [0, 0.05) is 11.1 Å².